The first-order chi connectivity index (χ1) is 12.4. The molecular formula is C18H18F2N2O3S. The van der Waals surface area contributed by atoms with Crippen LogP contribution in [0.1, 0.15) is 25.7 Å². The molecule has 2 bridgehead atoms. The van der Waals surface area contributed by atoms with Gasteiger partial charge in [-0.3, -0.25) is 4.98 Å². The van der Waals surface area contributed by atoms with E-state index < -0.39 is 26.6 Å². The van der Waals surface area contributed by atoms with Crippen molar-refractivity contribution in [2.24, 2.45) is 0 Å². The second kappa shape index (κ2) is 6.59. The largest absolute Gasteiger partial charge is 0.490 e. The Hall–Kier alpha value is -2.06. The minimum atomic E-state index is -4.09. The van der Waals surface area contributed by atoms with Crippen LogP contribution in [0.2, 0.25) is 0 Å². The van der Waals surface area contributed by atoms with Crippen LogP contribution in [0.15, 0.2) is 47.6 Å². The minimum absolute atomic E-state index is 0.112. The third kappa shape index (κ3) is 3.07. The van der Waals surface area contributed by atoms with Crippen LogP contribution in [0.5, 0.6) is 5.75 Å². The summed E-state index contributed by atoms with van der Waals surface area (Å²) < 4.78 is 60.8. The molecule has 0 saturated carbocycles. The van der Waals surface area contributed by atoms with Gasteiger partial charge >= 0.3 is 0 Å². The van der Waals surface area contributed by atoms with Gasteiger partial charge in [0, 0.05) is 37.3 Å². The van der Waals surface area contributed by atoms with E-state index in [2.05, 4.69) is 4.98 Å². The molecule has 0 spiro atoms. The van der Waals surface area contributed by atoms with E-state index in [4.69, 9.17) is 4.74 Å². The number of piperidine rings is 1. The normalized spacial score (nSPS) is 26.0. The van der Waals surface area contributed by atoms with E-state index in [-0.39, 0.29) is 18.2 Å². The maximum atomic E-state index is 14.1. The van der Waals surface area contributed by atoms with Gasteiger partial charge in [0.15, 0.2) is 0 Å². The number of rotatable bonds is 4. The fraction of sp³-hybridized carbons (Fsp3) is 0.389. The summed E-state index contributed by atoms with van der Waals surface area (Å²) in [4.78, 5) is 3.35. The highest BCUT2D eigenvalue weighted by molar-refractivity contribution is 7.89. The molecule has 2 aromatic rings. The zero-order valence-corrected chi connectivity index (χ0v) is 14.7. The molecule has 5 nitrogen and oxygen atoms in total. The molecule has 8 heteroatoms. The molecule has 2 atom stereocenters. The Morgan fingerprint density at radius 2 is 1.69 bits per heavy atom. The van der Waals surface area contributed by atoms with Crippen molar-refractivity contribution >= 4 is 10.0 Å². The lowest BCUT2D eigenvalue weighted by Gasteiger charge is -2.37. The van der Waals surface area contributed by atoms with Crippen molar-refractivity contribution in [3.05, 3.63) is 54.4 Å². The van der Waals surface area contributed by atoms with Gasteiger partial charge in [-0.2, -0.15) is 4.31 Å². The molecule has 3 heterocycles. The van der Waals surface area contributed by atoms with Crippen LogP contribution in [-0.2, 0) is 10.0 Å². The Morgan fingerprint density at radius 1 is 1.04 bits per heavy atom. The summed E-state index contributed by atoms with van der Waals surface area (Å²) in [6.45, 7) is 0. The van der Waals surface area contributed by atoms with Crippen molar-refractivity contribution in [3.8, 4) is 5.75 Å². The molecule has 0 radical (unpaired) electrons. The minimum Gasteiger partial charge on any atom is -0.490 e. The van der Waals surface area contributed by atoms with Crippen LogP contribution >= 0.6 is 0 Å². The van der Waals surface area contributed by atoms with Gasteiger partial charge in [0.2, 0.25) is 10.0 Å². The van der Waals surface area contributed by atoms with Crippen LogP contribution in [0.4, 0.5) is 8.78 Å². The van der Waals surface area contributed by atoms with Gasteiger partial charge in [0.25, 0.3) is 0 Å². The number of ether oxygens (including phenoxy) is 1. The Labute approximate surface area is 150 Å². The van der Waals surface area contributed by atoms with E-state index in [1.54, 1.807) is 24.5 Å². The number of pyridine rings is 1. The summed E-state index contributed by atoms with van der Waals surface area (Å²) in [5.41, 5.74) is 0. The quantitative estimate of drug-likeness (QED) is 0.818. The lowest BCUT2D eigenvalue weighted by molar-refractivity contribution is 0.0955. The van der Waals surface area contributed by atoms with Crippen LogP contribution < -0.4 is 4.74 Å². The molecule has 1 aromatic carbocycles. The predicted octanol–water partition coefficient (Wildman–Crippen LogP) is 3.12. The number of aromatic nitrogens is 1. The molecule has 138 valence electrons. The Kier molecular flexibility index (Phi) is 4.40. The smallest absolute Gasteiger partial charge is 0.246 e. The third-order valence-electron chi connectivity index (χ3n) is 5.02. The molecule has 26 heavy (non-hydrogen) atoms. The molecule has 1 aromatic heterocycles. The molecule has 4 rings (SSSR count). The number of benzene rings is 1. The van der Waals surface area contributed by atoms with E-state index in [1.807, 2.05) is 0 Å². The van der Waals surface area contributed by atoms with Crippen LogP contribution in [0, 0.1) is 11.6 Å². The number of hydrogen-bond donors (Lipinski definition) is 0. The van der Waals surface area contributed by atoms with Gasteiger partial charge in [-0.25, -0.2) is 17.2 Å². The molecule has 2 aliphatic heterocycles. The highest BCUT2D eigenvalue weighted by atomic mass is 32.2. The molecular weight excluding hydrogens is 362 g/mol. The Balaban J connectivity index is 1.57. The predicted molar refractivity (Wildman–Crippen MR) is 90.1 cm³/mol. The van der Waals surface area contributed by atoms with Crippen LogP contribution in [0.25, 0.3) is 0 Å². The fourth-order valence-corrected chi connectivity index (χ4v) is 5.94. The summed E-state index contributed by atoms with van der Waals surface area (Å²) in [7, 11) is -4.09. The highest BCUT2D eigenvalue weighted by Gasteiger charge is 2.48. The second-order valence-electron chi connectivity index (χ2n) is 6.69. The summed E-state index contributed by atoms with van der Waals surface area (Å²) in [5, 5.41) is 0. The summed E-state index contributed by atoms with van der Waals surface area (Å²) in [6, 6.07) is 5.49. The molecule has 2 fully saturated rings. The zero-order chi connectivity index (χ0) is 18.3. The van der Waals surface area contributed by atoms with E-state index in [1.165, 1.54) is 4.31 Å². The average Bonchev–Trinajstić information content (AvgIpc) is 2.90. The zero-order valence-electron chi connectivity index (χ0n) is 13.9. The van der Waals surface area contributed by atoms with Crippen molar-refractivity contribution < 1.29 is 21.9 Å². The van der Waals surface area contributed by atoms with Crippen LogP contribution in [0.3, 0.4) is 0 Å². The lowest BCUT2D eigenvalue weighted by atomic mass is 10.0. The standard InChI is InChI=1S/C18H18F2N2O3S/c19-12-1-4-17(20)18(9-12)26(23,24)22-13-2-3-14(22)11-16(10-13)25-15-5-7-21-8-6-15/h1,4-9,13-14,16H,2-3,10-11H2. The number of halogens is 2. The van der Waals surface area contributed by atoms with Gasteiger partial charge in [-0.1, -0.05) is 0 Å². The van der Waals surface area contributed by atoms with E-state index in [9.17, 15) is 17.2 Å². The molecule has 2 saturated heterocycles. The van der Waals surface area contributed by atoms with Gasteiger partial charge in [-0.15, -0.1) is 0 Å². The monoisotopic (exact) mass is 380 g/mol. The Bertz CT molecular complexity index is 894. The van der Waals surface area contributed by atoms with Gasteiger partial charge in [0.05, 0.1) is 0 Å². The molecule has 0 aliphatic carbocycles. The summed E-state index contributed by atoms with van der Waals surface area (Å²) in [6.07, 6.45) is 5.59. The fourth-order valence-electron chi connectivity index (χ4n) is 3.97. The van der Waals surface area contributed by atoms with E-state index in [0.29, 0.717) is 31.4 Å². The van der Waals surface area contributed by atoms with Crippen LogP contribution in [-0.4, -0.2) is 35.9 Å². The third-order valence-corrected chi connectivity index (χ3v) is 7.04. The van der Waals surface area contributed by atoms with Gasteiger partial charge in [-0.05, 0) is 43.2 Å². The average molecular weight is 380 g/mol. The summed E-state index contributed by atoms with van der Waals surface area (Å²) >= 11 is 0. The molecule has 2 aliphatic rings. The van der Waals surface area contributed by atoms with Gasteiger partial charge < -0.3 is 4.74 Å². The van der Waals surface area contributed by atoms with Crippen molar-refractivity contribution in [1.29, 1.82) is 0 Å². The summed E-state index contributed by atoms with van der Waals surface area (Å²) in [5.74, 6) is -1.01. The van der Waals surface area contributed by atoms with Crippen molar-refractivity contribution in [3.63, 3.8) is 0 Å². The second-order valence-corrected chi connectivity index (χ2v) is 8.50. The van der Waals surface area contributed by atoms with Crippen molar-refractivity contribution in [2.75, 3.05) is 0 Å². The van der Waals surface area contributed by atoms with E-state index in [0.717, 1.165) is 18.2 Å². The first-order valence-corrected chi connectivity index (χ1v) is 9.94. The SMILES string of the molecule is O=S(=O)(c1cc(F)ccc1F)N1C2CCC1CC(Oc1ccncc1)C2. The topological polar surface area (TPSA) is 59.5 Å². The number of fused-ring (bicyclic) bond motifs is 2. The first-order valence-electron chi connectivity index (χ1n) is 8.50. The Morgan fingerprint density at radius 3 is 2.35 bits per heavy atom. The van der Waals surface area contributed by atoms with Crippen molar-refractivity contribution in [2.45, 2.75) is 48.8 Å². The van der Waals surface area contributed by atoms with E-state index >= 15 is 0 Å². The first kappa shape index (κ1) is 17.4. The van der Waals surface area contributed by atoms with Gasteiger partial charge in [0.1, 0.15) is 28.4 Å². The molecule has 0 amide bonds. The molecule has 2 unspecified atom stereocenters. The molecule has 0 N–H and O–H groups in total. The number of nitrogens with zero attached hydrogens (tertiary/aromatic N) is 2. The number of hydrogen-bond acceptors (Lipinski definition) is 4. The highest BCUT2D eigenvalue weighted by Crippen LogP contribution is 2.41. The lowest BCUT2D eigenvalue weighted by Crippen LogP contribution is -2.49. The number of sulfonamides is 1. The van der Waals surface area contributed by atoms with Crippen molar-refractivity contribution in [1.82, 2.24) is 9.29 Å². The maximum Gasteiger partial charge on any atom is 0.246 e. The maximum absolute atomic E-state index is 14.1.